The van der Waals surface area contributed by atoms with Crippen molar-refractivity contribution < 1.29 is 9.90 Å². The van der Waals surface area contributed by atoms with E-state index in [1.54, 1.807) is 24.0 Å². The first-order valence-electron chi connectivity index (χ1n) is 6.12. The second kappa shape index (κ2) is 6.76. The van der Waals surface area contributed by atoms with Crippen molar-refractivity contribution in [1.29, 1.82) is 0 Å². The highest BCUT2D eigenvalue weighted by Gasteiger charge is 2.18. The van der Waals surface area contributed by atoms with Crippen LogP contribution in [0.3, 0.4) is 0 Å². The summed E-state index contributed by atoms with van der Waals surface area (Å²) in [5.74, 6) is 0.00756. The van der Waals surface area contributed by atoms with Crippen molar-refractivity contribution in [2.45, 2.75) is 39.3 Å². The summed E-state index contributed by atoms with van der Waals surface area (Å²) in [6, 6.07) is 7.36. The Morgan fingerprint density at radius 1 is 1.39 bits per heavy atom. The number of carbonyl (C=O) groups excluding carboxylic acids is 1. The Morgan fingerprint density at radius 2 is 2.06 bits per heavy atom. The van der Waals surface area contributed by atoms with Gasteiger partial charge in [-0.05, 0) is 38.5 Å². The summed E-state index contributed by atoms with van der Waals surface area (Å²) in [5, 5.41) is 10.0. The Morgan fingerprint density at radius 3 is 2.56 bits per heavy atom. The van der Waals surface area contributed by atoms with Crippen molar-refractivity contribution in [1.82, 2.24) is 4.90 Å². The van der Waals surface area contributed by atoms with Crippen LogP contribution in [0.1, 0.15) is 26.3 Å². The van der Waals surface area contributed by atoms with Gasteiger partial charge in [0.15, 0.2) is 0 Å². The maximum Gasteiger partial charge on any atom is 0.227 e. The van der Waals surface area contributed by atoms with Gasteiger partial charge in [0, 0.05) is 17.6 Å². The molecule has 0 aliphatic heterocycles. The van der Waals surface area contributed by atoms with Crippen molar-refractivity contribution in [3.63, 3.8) is 0 Å². The lowest BCUT2D eigenvalue weighted by Crippen LogP contribution is -2.42. The van der Waals surface area contributed by atoms with Gasteiger partial charge in [0.1, 0.15) is 0 Å². The zero-order chi connectivity index (χ0) is 13.7. The SMILES string of the molecule is CC(O)CN(C(=O)Cc1cccc(Cl)c1)C(C)C. The van der Waals surface area contributed by atoms with Crippen molar-refractivity contribution >= 4 is 17.5 Å². The maximum absolute atomic E-state index is 12.2. The normalized spacial score (nSPS) is 12.6. The zero-order valence-electron chi connectivity index (χ0n) is 11.1. The topological polar surface area (TPSA) is 40.5 Å². The predicted octanol–water partition coefficient (Wildman–Crippen LogP) is 2.50. The van der Waals surface area contributed by atoms with Gasteiger partial charge in [0.2, 0.25) is 5.91 Å². The number of halogens is 1. The van der Waals surface area contributed by atoms with Gasteiger partial charge in [0.05, 0.1) is 12.5 Å². The second-order valence-corrected chi connectivity index (χ2v) is 5.23. The van der Waals surface area contributed by atoms with Crippen molar-refractivity contribution in [2.24, 2.45) is 0 Å². The zero-order valence-corrected chi connectivity index (χ0v) is 11.8. The van der Waals surface area contributed by atoms with Gasteiger partial charge in [-0.2, -0.15) is 0 Å². The molecule has 0 aliphatic rings. The van der Waals surface area contributed by atoms with Gasteiger partial charge < -0.3 is 10.0 Å². The molecule has 0 aliphatic carbocycles. The van der Waals surface area contributed by atoms with E-state index in [0.29, 0.717) is 18.0 Å². The standard InChI is InChI=1S/C14H20ClNO2/c1-10(2)16(9-11(3)17)14(18)8-12-5-4-6-13(15)7-12/h4-7,10-11,17H,8-9H2,1-3H3. The average Bonchev–Trinajstić information content (AvgIpc) is 2.25. The molecule has 18 heavy (non-hydrogen) atoms. The minimum atomic E-state index is -0.518. The lowest BCUT2D eigenvalue weighted by molar-refractivity contribution is -0.133. The molecule has 0 aromatic heterocycles. The summed E-state index contributed by atoms with van der Waals surface area (Å²) in [6.45, 7) is 5.93. The molecular formula is C14H20ClNO2. The highest BCUT2D eigenvalue weighted by Crippen LogP contribution is 2.13. The van der Waals surface area contributed by atoms with Crippen LogP contribution in [0.4, 0.5) is 0 Å². The van der Waals surface area contributed by atoms with Crippen LogP contribution in [0, 0.1) is 0 Å². The second-order valence-electron chi connectivity index (χ2n) is 4.80. The van der Waals surface area contributed by atoms with E-state index in [1.807, 2.05) is 26.0 Å². The molecule has 1 unspecified atom stereocenters. The molecule has 1 aromatic rings. The van der Waals surface area contributed by atoms with Crippen LogP contribution in [0.25, 0.3) is 0 Å². The van der Waals surface area contributed by atoms with Crippen LogP contribution >= 0.6 is 11.6 Å². The summed E-state index contributed by atoms with van der Waals surface area (Å²) < 4.78 is 0. The Balaban J connectivity index is 2.72. The number of nitrogens with zero attached hydrogens (tertiary/aromatic N) is 1. The van der Waals surface area contributed by atoms with Crippen LogP contribution in [-0.2, 0) is 11.2 Å². The highest BCUT2D eigenvalue weighted by molar-refractivity contribution is 6.30. The minimum Gasteiger partial charge on any atom is -0.392 e. The van der Waals surface area contributed by atoms with Gasteiger partial charge in [-0.25, -0.2) is 0 Å². The van der Waals surface area contributed by atoms with E-state index in [4.69, 9.17) is 11.6 Å². The number of aliphatic hydroxyl groups is 1. The summed E-state index contributed by atoms with van der Waals surface area (Å²) in [4.78, 5) is 13.9. The highest BCUT2D eigenvalue weighted by atomic mass is 35.5. The molecule has 100 valence electrons. The van der Waals surface area contributed by atoms with E-state index in [2.05, 4.69) is 0 Å². The molecule has 3 nitrogen and oxygen atoms in total. The Bertz CT molecular complexity index is 405. The Hall–Kier alpha value is -1.06. The molecule has 1 atom stereocenters. The smallest absolute Gasteiger partial charge is 0.227 e. The van der Waals surface area contributed by atoms with E-state index in [0.717, 1.165) is 5.56 Å². The quantitative estimate of drug-likeness (QED) is 0.892. The number of hydrogen-bond donors (Lipinski definition) is 1. The molecule has 1 aromatic carbocycles. The van der Waals surface area contributed by atoms with Crippen molar-refractivity contribution in [3.8, 4) is 0 Å². The van der Waals surface area contributed by atoms with Gasteiger partial charge in [-0.3, -0.25) is 4.79 Å². The van der Waals surface area contributed by atoms with Crippen molar-refractivity contribution in [3.05, 3.63) is 34.9 Å². The molecule has 0 saturated carbocycles. The first-order valence-corrected chi connectivity index (χ1v) is 6.50. The molecular weight excluding hydrogens is 250 g/mol. The van der Waals surface area contributed by atoms with Crippen LogP contribution < -0.4 is 0 Å². The molecule has 0 saturated heterocycles. The number of hydrogen-bond acceptors (Lipinski definition) is 2. The molecule has 0 bridgehead atoms. The van der Waals surface area contributed by atoms with Crippen LogP contribution in [0.2, 0.25) is 5.02 Å². The molecule has 1 amide bonds. The number of amides is 1. The van der Waals surface area contributed by atoms with Gasteiger partial charge >= 0.3 is 0 Å². The molecule has 0 fully saturated rings. The third-order valence-electron chi connectivity index (χ3n) is 2.65. The van der Waals surface area contributed by atoms with Crippen LogP contribution in [0.15, 0.2) is 24.3 Å². The van der Waals surface area contributed by atoms with E-state index >= 15 is 0 Å². The van der Waals surface area contributed by atoms with Gasteiger partial charge in [0.25, 0.3) is 0 Å². The molecule has 1 N–H and O–H groups in total. The van der Waals surface area contributed by atoms with Crippen LogP contribution in [0.5, 0.6) is 0 Å². The molecule has 0 heterocycles. The first-order chi connectivity index (χ1) is 8.40. The molecule has 0 spiro atoms. The van der Waals surface area contributed by atoms with E-state index in [1.165, 1.54) is 0 Å². The fourth-order valence-electron chi connectivity index (χ4n) is 1.81. The fraction of sp³-hybridized carbons (Fsp3) is 0.500. The number of aliphatic hydroxyl groups excluding tert-OH is 1. The van der Waals surface area contributed by atoms with E-state index in [9.17, 15) is 9.90 Å². The Labute approximate surface area is 113 Å². The monoisotopic (exact) mass is 269 g/mol. The van der Waals surface area contributed by atoms with Gasteiger partial charge in [-0.1, -0.05) is 23.7 Å². The average molecular weight is 270 g/mol. The third kappa shape index (κ3) is 4.67. The van der Waals surface area contributed by atoms with E-state index in [-0.39, 0.29) is 11.9 Å². The Kier molecular flexibility index (Phi) is 5.63. The number of carbonyl (C=O) groups is 1. The molecule has 4 heteroatoms. The van der Waals surface area contributed by atoms with E-state index < -0.39 is 6.10 Å². The fourth-order valence-corrected chi connectivity index (χ4v) is 2.02. The lowest BCUT2D eigenvalue weighted by Gasteiger charge is -2.28. The number of rotatable bonds is 5. The summed E-state index contributed by atoms with van der Waals surface area (Å²) in [6.07, 6.45) is -0.207. The summed E-state index contributed by atoms with van der Waals surface area (Å²) in [7, 11) is 0. The van der Waals surface area contributed by atoms with Gasteiger partial charge in [-0.15, -0.1) is 0 Å². The molecule has 0 radical (unpaired) electrons. The summed E-state index contributed by atoms with van der Waals surface area (Å²) >= 11 is 5.89. The minimum absolute atomic E-state index is 0.00756. The molecule has 1 rings (SSSR count). The lowest BCUT2D eigenvalue weighted by atomic mass is 10.1. The van der Waals surface area contributed by atoms with Crippen molar-refractivity contribution in [2.75, 3.05) is 6.54 Å². The summed E-state index contributed by atoms with van der Waals surface area (Å²) in [5.41, 5.74) is 0.892. The predicted molar refractivity (Wildman–Crippen MR) is 73.7 cm³/mol. The largest absolute Gasteiger partial charge is 0.392 e. The number of benzene rings is 1. The maximum atomic E-state index is 12.2. The first kappa shape index (κ1) is 15.0. The third-order valence-corrected chi connectivity index (χ3v) is 2.88. The van der Waals surface area contributed by atoms with Crippen LogP contribution in [-0.4, -0.2) is 34.6 Å².